The van der Waals surface area contributed by atoms with Crippen molar-refractivity contribution in [1.82, 2.24) is 9.47 Å². The molecule has 200 valence electrons. The highest BCUT2D eigenvalue weighted by molar-refractivity contribution is 5.95. The predicted octanol–water partition coefficient (Wildman–Crippen LogP) is 7.04. The molecule has 1 unspecified atom stereocenters. The van der Waals surface area contributed by atoms with Crippen molar-refractivity contribution in [1.29, 1.82) is 0 Å². The Morgan fingerprint density at radius 3 is 2.53 bits per heavy atom. The van der Waals surface area contributed by atoms with Gasteiger partial charge in [0.25, 0.3) is 0 Å². The highest BCUT2D eigenvalue weighted by Crippen LogP contribution is 2.50. The second-order valence-electron chi connectivity index (χ2n) is 11.7. The molecule has 5 rings (SSSR count). The summed E-state index contributed by atoms with van der Waals surface area (Å²) >= 11 is 0. The van der Waals surface area contributed by atoms with E-state index in [1.54, 1.807) is 17.9 Å². The van der Waals surface area contributed by atoms with Crippen LogP contribution in [0.5, 0.6) is 5.75 Å². The number of ether oxygens (including phenoxy) is 3. The number of fused-ring (bicyclic) bond motifs is 1. The number of carbonyl (C=O) groups excluding carboxylic acids is 1. The normalized spacial score (nSPS) is 19.5. The fraction of sp³-hybridized carbons (Fsp3) is 0.484. The quantitative estimate of drug-likeness (QED) is 0.349. The Bertz CT molecular complexity index is 1370. The molecule has 0 radical (unpaired) electrons. The van der Waals surface area contributed by atoms with E-state index in [2.05, 4.69) is 21.9 Å². The lowest BCUT2D eigenvalue weighted by molar-refractivity contribution is 0.0189. The first-order valence-electron chi connectivity index (χ1n) is 13.3. The molecule has 0 amide bonds. The summed E-state index contributed by atoms with van der Waals surface area (Å²) in [4.78, 5) is 19.2. The van der Waals surface area contributed by atoms with Crippen LogP contribution in [-0.2, 0) is 16.0 Å². The van der Waals surface area contributed by atoms with Crippen LogP contribution >= 0.6 is 0 Å². The zero-order chi connectivity index (χ0) is 27.1. The number of nitrogens with zero attached hydrogens (tertiary/aromatic N) is 3. The Hall–Kier alpha value is -3.34. The van der Waals surface area contributed by atoms with Crippen LogP contribution in [0.2, 0.25) is 0 Å². The average Bonchev–Trinajstić information content (AvgIpc) is 3.48. The largest absolute Gasteiger partial charge is 0.496 e. The van der Waals surface area contributed by atoms with Gasteiger partial charge in [0, 0.05) is 49.5 Å². The molecule has 2 aromatic carbocycles. The lowest BCUT2D eigenvalue weighted by atomic mass is 9.77. The smallest absolute Gasteiger partial charge is 0.419 e. The standard InChI is InChI=1S/C31H37N3O4/c1-21-17-27(36-6)25(24-11-14-34(28(21)24)29(35)38-30(2,3)4)19-33-20-31(12-15-37-16-13-31)18-26(33)22-7-9-23(32-5)10-8-22/h7-11,14,17,26H,12-13,15-16,18-20H2,1-4,6H3. The van der Waals surface area contributed by atoms with E-state index in [1.165, 1.54) is 5.56 Å². The van der Waals surface area contributed by atoms with Crippen LogP contribution in [0.1, 0.15) is 62.8 Å². The first-order chi connectivity index (χ1) is 18.1. The molecule has 0 aliphatic carbocycles. The van der Waals surface area contributed by atoms with Crippen molar-refractivity contribution in [3.05, 3.63) is 70.7 Å². The maximum absolute atomic E-state index is 13.1. The number of aromatic nitrogens is 1. The molecule has 0 bridgehead atoms. The Balaban J connectivity index is 1.55. The van der Waals surface area contributed by atoms with Gasteiger partial charge in [0.1, 0.15) is 11.4 Å². The number of aryl methyl sites for hydroxylation is 1. The second-order valence-corrected chi connectivity index (χ2v) is 11.7. The Kier molecular flexibility index (Phi) is 6.97. The van der Waals surface area contributed by atoms with Gasteiger partial charge < -0.3 is 14.2 Å². The maximum atomic E-state index is 13.1. The van der Waals surface area contributed by atoms with E-state index in [0.717, 1.165) is 66.8 Å². The Labute approximate surface area is 225 Å². The van der Waals surface area contributed by atoms with Gasteiger partial charge in [-0.15, -0.1) is 0 Å². The SMILES string of the molecule is [C-]#[N+]c1ccc(C2CC3(CCOCC3)CN2Cc2c(OC)cc(C)c3c2ccn3C(=O)OC(C)(C)C)cc1. The van der Waals surface area contributed by atoms with Gasteiger partial charge in [-0.25, -0.2) is 9.64 Å². The predicted molar refractivity (Wildman–Crippen MR) is 148 cm³/mol. The molecule has 7 nitrogen and oxygen atoms in total. The highest BCUT2D eigenvalue weighted by Gasteiger charge is 2.45. The third-order valence-electron chi connectivity index (χ3n) is 7.97. The zero-order valence-electron chi connectivity index (χ0n) is 23.0. The fourth-order valence-electron chi connectivity index (χ4n) is 6.15. The summed E-state index contributed by atoms with van der Waals surface area (Å²) in [6.07, 6.45) is 4.58. The minimum absolute atomic E-state index is 0.209. The van der Waals surface area contributed by atoms with Gasteiger partial charge in [0.05, 0.1) is 19.2 Å². The van der Waals surface area contributed by atoms with Gasteiger partial charge in [-0.1, -0.05) is 24.3 Å². The minimum atomic E-state index is -0.583. The lowest BCUT2D eigenvalue weighted by Gasteiger charge is -2.33. The van der Waals surface area contributed by atoms with E-state index >= 15 is 0 Å². The maximum Gasteiger partial charge on any atom is 0.419 e. The summed E-state index contributed by atoms with van der Waals surface area (Å²) in [5.41, 5.74) is 4.40. The molecule has 2 aliphatic heterocycles. The summed E-state index contributed by atoms with van der Waals surface area (Å²) in [5.74, 6) is 0.826. The molecule has 0 N–H and O–H groups in total. The second kappa shape index (κ2) is 10.1. The van der Waals surface area contributed by atoms with E-state index in [0.29, 0.717) is 12.2 Å². The van der Waals surface area contributed by atoms with Crippen LogP contribution in [0.4, 0.5) is 10.5 Å². The van der Waals surface area contributed by atoms with E-state index < -0.39 is 5.60 Å². The van der Waals surface area contributed by atoms with Gasteiger partial charge in [0.2, 0.25) is 0 Å². The van der Waals surface area contributed by atoms with Crippen molar-refractivity contribution in [2.75, 3.05) is 26.9 Å². The van der Waals surface area contributed by atoms with Gasteiger partial charge in [0.15, 0.2) is 5.69 Å². The van der Waals surface area contributed by atoms with E-state index in [9.17, 15) is 4.79 Å². The van der Waals surface area contributed by atoms with E-state index in [1.807, 2.05) is 52.0 Å². The molecule has 3 heterocycles. The Morgan fingerprint density at radius 1 is 1.18 bits per heavy atom. The third kappa shape index (κ3) is 5.03. The molecular formula is C31H37N3O4. The van der Waals surface area contributed by atoms with Crippen LogP contribution in [0, 0.1) is 18.9 Å². The van der Waals surface area contributed by atoms with Crippen molar-refractivity contribution in [2.24, 2.45) is 5.41 Å². The van der Waals surface area contributed by atoms with Crippen molar-refractivity contribution in [2.45, 2.75) is 65.1 Å². The number of hydrogen-bond acceptors (Lipinski definition) is 5. The average molecular weight is 516 g/mol. The lowest BCUT2D eigenvalue weighted by Crippen LogP contribution is -2.33. The number of likely N-dealkylation sites (tertiary alicyclic amines) is 1. The Morgan fingerprint density at radius 2 is 1.89 bits per heavy atom. The van der Waals surface area contributed by atoms with Crippen LogP contribution in [0.25, 0.3) is 15.7 Å². The third-order valence-corrected chi connectivity index (χ3v) is 7.97. The molecule has 38 heavy (non-hydrogen) atoms. The molecule has 1 aromatic heterocycles. The highest BCUT2D eigenvalue weighted by atomic mass is 16.6. The van der Waals surface area contributed by atoms with E-state index in [4.69, 9.17) is 20.8 Å². The monoisotopic (exact) mass is 515 g/mol. The molecular weight excluding hydrogens is 478 g/mol. The molecule has 2 fully saturated rings. The molecule has 1 spiro atoms. The van der Waals surface area contributed by atoms with Crippen molar-refractivity contribution < 1.29 is 19.0 Å². The summed E-state index contributed by atoms with van der Waals surface area (Å²) in [6, 6.07) is 12.3. The summed E-state index contributed by atoms with van der Waals surface area (Å²) in [7, 11) is 1.71. The molecule has 2 aliphatic rings. The topological polar surface area (TPSA) is 57.3 Å². The molecule has 3 aromatic rings. The zero-order valence-corrected chi connectivity index (χ0v) is 23.0. The number of rotatable bonds is 4. The first-order valence-corrected chi connectivity index (χ1v) is 13.3. The molecule has 1 atom stereocenters. The van der Waals surface area contributed by atoms with Gasteiger partial charge >= 0.3 is 6.09 Å². The number of methoxy groups -OCH3 is 1. The van der Waals surface area contributed by atoms with Crippen LogP contribution in [0.15, 0.2) is 42.6 Å². The summed E-state index contributed by atoms with van der Waals surface area (Å²) in [6.45, 7) is 18.2. The van der Waals surface area contributed by atoms with Crippen molar-refractivity contribution in [3.63, 3.8) is 0 Å². The van der Waals surface area contributed by atoms with Gasteiger partial charge in [-0.2, -0.15) is 0 Å². The van der Waals surface area contributed by atoms with Crippen molar-refractivity contribution in [3.8, 4) is 5.75 Å². The van der Waals surface area contributed by atoms with Gasteiger partial charge in [-0.05, 0) is 75.6 Å². The van der Waals surface area contributed by atoms with E-state index in [-0.39, 0.29) is 17.6 Å². The summed E-state index contributed by atoms with van der Waals surface area (Å²) < 4.78 is 18.9. The number of hydrogen-bond donors (Lipinski definition) is 0. The molecule has 2 saturated heterocycles. The minimum Gasteiger partial charge on any atom is -0.496 e. The number of benzene rings is 2. The first kappa shape index (κ1) is 26.3. The number of carbonyl (C=O) groups is 1. The van der Waals surface area contributed by atoms with Gasteiger partial charge in [-0.3, -0.25) is 9.47 Å². The van der Waals surface area contributed by atoms with Crippen molar-refractivity contribution >= 4 is 22.7 Å². The summed E-state index contributed by atoms with van der Waals surface area (Å²) in [5, 5.41) is 1.00. The molecule has 0 saturated carbocycles. The van der Waals surface area contributed by atoms with Crippen LogP contribution in [-0.4, -0.2) is 48.0 Å². The fourth-order valence-corrected chi connectivity index (χ4v) is 6.15. The van der Waals surface area contributed by atoms with Crippen LogP contribution < -0.4 is 4.74 Å². The van der Waals surface area contributed by atoms with Crippen LogP contribution in [0.3, 0.4) is 0 Å². The molecule has 7 heteroatoms.